The Bertz CT molecular complexity index is 571. The molecule has 112 valence electrons. The SMILES string of the molecule is CN(Cc1ccco1)C(=O)C1(n2cccn2)CCNCC1. The van der Waals surface area contributed by atoms with E-state index in [1.165, 1.54) is 0 Å². The number of rotatable bonds is 4. The van der Waals surface area contributed by atoms with Gasteiger partial charge in [0.05, 0.1) is 12.8 Å². The normalized spacial score (nSPS) is 17.6. The molecular formula is C15H20N4O2. The Kier molecular flexibility index (Phi) is 3.79. The summed E-state index contributed by atoms with van der Waals surface area (Å²) >= 11 is 0. The molecule has 1 aliphatic heterocycles. The zero-order valence-electron chi connectivity index (χ0n) is 12.2. The van der Waals surface area contributed by atoms with Crippen molar-refractivity contribution in [3.63, 3.8) is 0 Å². The molecule has 1 aliphatic rings. The number of hydrogen-bond donors (Lipinski definition) is 1. The van der Waals surface area contributed by atoms with E-state index in [0.29, 0.717) is 6.54 Å². The minimum Gasteiger partial charge on any atom is -0.467 e. The lowest BCUT2D eigenvalue weighted by Gasteiger charge is -2.39. The predicted molar refractivity (Wildman–Crippen MR) is 77.5 cm³/mol. The first-order valence-corrected chi connectivity index (χ1v) is 7.21. The van der Waals surface area contributed by atoms with E-state index in [0.717, 1.165) is 31.7 Å². The predicted octanol–water partition coefficient (Wildman–Crippen LogP) is 1.21. The molecule has 2 aromatic heterocycles. The summed E-state index contributed by atoms with van der Waals surface area (Å²) < 4.78 is 7.15. The minimum atomic E-state index is -0.587. The molecule has 1 N–H and O–H groups in total. The van der Waals surface area contributed by atoms with Crippen molar-refractivity contribution in [1.29, 1.82) is 0 Å². The molecule has 6 heteroatoms. The highest BCUT2D eigenvalue weighted by atomic mass is 16.3. The van der Waals surface area contributed by atoms with E-state index in [-0.39, 0.29) is 5.91 Å². The van der Waals surface area contributed by atoms with Crippen molar-refractivity contribution in [1.82, 2.24) is 20.0 Å². The Morgan fingerprint density at radius 3 is 2.90 bits per heavy atom. The van der Waals surface area contributed by atoms with Crippen LogP contribution in [0.2, 0.25) is 0 Å². The molecule has 0 aliphatic carbocycles. The van der Waals surface area contributed by atoms with E-state index in [2.05, 4.69) is 10.4 Å². The molecule has 1 fully saturated rings. The molecule has 1 amide bonds. The molecule has 0 bridgehead atoms. The van der Waals surface area contributed by atoms with Crippen molar-refractivity contribution < 1.29 is 9.21 Å². The molecule has 6 nitrogen and oxygen atoms in total. The fourth-order valence-corrected chi connectivity index (χ4v) is 2.97. The summed E-state index contributed by atoms with van der Waals surface area (Å²) in [6.45, 7) is 2.11. The van der Waals surface area contributed by atoms with Gasteiger partial charge in [-0.25, -0.2) is 0 Å². The zero-order chi connectivity index (χ0) is 14.7. The maximum Gasteiger partial charge on any atom is 0.250 e. The van der Waals surface area contributed by atoms with Crippen LogP contribution in [0.3, 0.4) is 0 Å². The number of piperidine rings is 1. The van der Waals surface area contributed by atoms with Gasteiger partial charge in [-0.2, -0.15) is 5.10 Å². The van der Waals surface area contributed by atoms with Gasteiger partial charge in [0.15, 0.2) is 0 Å². The van der Waals surface area contributed by atoms with E-state index in [4.69, 9.17) is 4.42 Å². The molecule has 1 saturated heterocycles. The maximum absolute atomic E-state index is 13.0. The van der Waals surface area contributed by atoms with Crippen molar-refractivity contribution in [2.24, 2.45) is 0 Å². The van der Waals surface area contributed by atoms with Crippen LogP contribution in [-0.4, -0.2) is 40.7 Å². The van der Waals surface area contributed by atoms with Crippen molar-refractivity contribution in [3.05, 3.63) is 42.6 Å². The van der Waals surface area contributed by atoms with Crippen molar-refractivity contribution in [2.75, 3.05) is 20.1 Å². The maximum atomic E-state index is 13.0. The zero-order valence-corrected chi connectivity index (χ0v) is 12.2. The lowest BCUT2D eigenvalue weighted by Crippen LogP contribution is -2.54. The second kappa shape index (κ2) is 5.73. The third kappa shape index (κ3) is 2.58. The Morgan fingerprint density at radius 1 is 1.48 bits per heavy atom. The average Bonchev–Trinajstić information content (AvgIpc) is 3.20. The standard InChI is InChI=1S/C15H20N4O2/c1-18(12-13-4-2-11-21-13)14(20)15(5-8-16-9-6-15)19-10-3-7-17-19/h2-4,7,10-11,16H,5-6,8-9,12H2,1H3. The number of nitrogens with zero attached hydrogens (tertiary/aromatic N) is 3. The number of carbonyl (C=O) groups is 1. The number of carbonyl (C=O) groups excluding carboxylic acids is 1. The van der Waals surface area contributed by atoms with Gasteiger partial charge in [0.1, 0.15) is 11.3 Å². The Morgan fingerprint density at radius 2 is 2.29 bits per heavy atom. The van der Waals surface area contributed by atoms with Crippen LogP contribution in [0, 0.1) is 0 Å². The summed E-state index contributed by atoms with van der Waals surface area (Å²) in [6, 6.07) is 5.58. The first-order chi connectivity index (χ1) is 10.2. The number of furan rings is 1. The highest BCUT2D eigenvalue weighted by Crippen LogP contribution is 2.29. The quantitative estimate of drug-likeness (QED) is 0.918. The number of amides is 1. The second-order valence-corrected chi connectivity index (χ2v) is 5.47. The number of hydrogen-bond acceptors (Lipinski definition) is 4. The van der Waals surface area contributed by atoms with Gasteiger partial charge < -0.3 is 14.6 Å². The number of nitrogens with one attached hydrogen (secondary N) is 1. The molecule has 0 spiro atoms. The van der Waals surface area contributed by atoms with Crippen LogP contribution < -0.4 is 5.32 Å². The van der Waals surface area contributed by atoms with E-state index in [1.54, 1.807) is 17.4 Å². The highest BCUT2D eigenvalue weighted by Gasteiger charge is 2.43. The molecule has 0 unspecified atom stereocenters. The van der Waals surface area contributed by atoms with Gasteiger partial charge in [-0.05, 0) is 44.1 Å². The topological polar surface area (TPSA) is 63.3 Å². The van der Waals surface area contributed by atoms with Gasteiger partial charge in [-0.1, -0.05) is 0 Å². The summed E-state index contributed by atoms with van der Waals surface area (Å²) in [6.07, 6.45) is 6.72. The molecule has 0 atom stereocenters. The van der Waals surface area contributed by atoms with Crippen LogP contribution >= 0.6 is 0 Å². The summed E-state index contributed by atoms with van der Waals surface area (Å²) in [5.41, 5.74) is -0.587. The lowest BCUT2D eigenvalue weighted by molar-refractivity contribution is -0.142. The number of aromatic nitrogens is 2. The van der Waals surface area contributed by atoms with Gasteiger partial charge in [0.25, 0.3) is 5.91 Å². The fraction of sp³-hybridized carbons (Fsp3) is 0.467. The largest absolute Gasteiger partial charge is 0.467 e. The summed E-state index contributed by atoms with van der Waals surface area (Å²) in [5, 5.41) is 7.64. The van der Waals surface area contributed by atoms with Gasteiger partial charge >= 0.3 is 0 Å². The van der Waals surface area contributed by atoms with Gasteiger partial charge in [-0.3, -0.25) is 9.48 Å². The molecule has 21 heavy (non-hydrogen) atoms. The molecular weight excluding hydrogens is 268 g/mol. The van der Waals surface area contributed by atoms with E-state index in [1.807, 2.05) is 36.1 Å². The van der Waals surface area contributed by atoms with Crippen LogP contribution in [0.5, 0.6) is 0 Å². The molecule has 3 rings (SSSR count). The highest BCUT2D eigenvalue weighted by molar-refractivity contribution is 5.84. The first kappa shape index (κ1) is 13.9. The molecule has 0 aromatic carbocycles. The minimum absolute atomic E-state index is 0.0871. The van der Waals surface area contributed by atoms with Crippen LogP contribution in [0.1, 0.15) is 18.6 Å². The monoisotopic (exact) mass is 288 g/mol. The molecule has 2 aromatic rings. The lowest BCUT2D eigenvalue weighted by atomic mass is 9.87. The van der Waals surface area contributed by atoms with E-state index >= 15 is 0 Å². The summed E-state index contributed by atoms with van der Waals surface area (Å²) in [4.78, 5) is 14.8. The Hall–Kier alpha value is -2.08. The third-order valence-electron chi connectivity index (χ3n) is 4.09. The van der Waals surface area contributed by atoms with Gasteiger partial charge in [-0.15, -0.1) is 0 Å². The molecule has 0 radical (unpaired) electrons. The Balaban J connectivity index is 1.84. The van der Waals surface area contributed by atoms with E-state index in [9.17, 15) is 4.79 Å². The molecule has 3 heterocycles. The van der Waals surface area contributed by atoms with Crippen LogP contribution in [0.25, 0.3) is 0 Å². The first-order valence-electron chi connectivity index (χ1n) is 7.21. The van der Waals surface area contributed by atoms with Gasteiger partial charge in [0, 0.05) is 19.4 Å². The summed E-state index contributed by atoms with van der Waals surface area (Å²) in [5.74, 6) is 0.875. The second-order valence-electron chi connectivity index (χ2n) is 5.47. The van der Waals surface area contributed by atoms with Crippen molar-refractivity contribution >= 4 is 5.91 Å². The number of likely N-dealkylation sites (N-methyl/N-ethyl adjacent to an activating group) is 1. The summed E-state index contributed by atoms with van der Waals surface area (Å²) in [7, 11) is 1.82. The van der Waals surface area contributed by atoms with Crippen molar-refractivity contribution in [2.45, 2.75) is 24.9 Å². The third-order valence-corrected chi connectivity index (χ3v) is 4.09. The smallest absolute Gasteiger partial charge is 0.250 e. The van der Waals surface area contributed by atoms with E-state index < -0.39 is 5.54 Å². The van der Waals surface area contributed by atoms with Crippen LogP contribution in [-0.2, 0) is 16.9 Å². The fourth-order valence-electron chi connectivity index (χ4n) is 2.97. The average molecular weight is 288 g/mol. The molecule has 0 saturated carbocycles. The van der Waals surface area contributed by atoms with Gasteiger partial charge in [0.2, 0.25) is 0 Å². The van der Waals surface area contributed by atoms with Crippen LogP contribution in [0.15, 0.2) is 41.3 Å². The van der Waals surface area contributed by atoms with Crippen LogP contribution in [0.4, 0.5) is 0 Å². The van der Waals surface area contributed by atoms with Crippen molar-refractivity contribution in [3.8, 4) is 0 Å². The Labute approximate surface area is 123 Å².